The monoisotopic (exact) mass is 596 g/mol. The molecule has 0 spiro atoms. The van der Waals surface area contributed by atoms with Crippen LogP contribution in [0.4, 0.5) is 0 Å². The summed E-state index contributed by atoms with van der Waals surface area (Å²) in [7, 11) is 0. The van der Waals surface area contributed by atoms with E-state index in [-0.39, 0.29) is 12.4 Å². The average Bonchev–Trinajstić information content (AvgIpc) is 2.98. The standard InChI is InChI=1S/C37H73NO4/c1-4-7-10-13-16-18-19-21-24-27-32-38-35(30-31-36(39)40)37(41)42-33-34(28-25-22-15-12-9-6-3)29-26-23-20-17-14-11-8-5-2/h34-35,38H,4-33H2,1-3H3,(H,39,40). The SMILES string of the molecule is CCCCCCCCCCCCNC(CCC(=O)O)C(=O)OCC(CCCCCCCC)CCCCCCCCCC. The second-order valence-electron chi connectivity index (χ2n) is 12.9. The van der Waals surface area contributed by atoms with Crippen LogP contribution in [0, 0.1) is 5.92 Å². The number of aliphatic carboxylic acids is 1. The fourth-order valence-corrected chi connectivity index (χ4v) is 5.85. The van der Waals surface area contributed by atoms with Gasteiger partial charge in [0.1, 0.15) is 6.04 Å². The molecule has 0 fully saturated rings. The molecule has 42 heavy (non-hydrogen) atoms. The maximum Gasteiger partial charge on any atom is 0.323 e. The quantitative estimate of drug-likeness (QED) is 0.0571. The predicted octanol–water partition coefficient (Wildman–Crippen LogP) is 11.2. The van der Waals surface area contributed by atoms with E-state index in [1.54, 1.807) is 0 Å². The Morgan fingerprint density at radius 1 is 0.548 bits per heavy atom. The van der Waals surface area contributed by atoms with Crippen molar-refractivity contribution in [1.29, 1.82) is 0 Å². The Morgan fingerprint density at radius 2 is 0.929 bits per heavy atom. The van der Waals surface area contributed by atoms with Gasteiger partial charge in [-0.1, -0.05) is 168 Å². The average molecular weight is 596 g/mol. The van der Waals surface area contributed by atoms with Gasteiger partial charge in [0.05, 0.1) is 6.61 Å². The Morgan fingerprint density at radius 3 is 1.33 bits per heavy atom. The smallest absolute Gasteiger partial charge is 0.323 e. The van der Waals surface area contributed by atoms with Crippen molar-refractivity contribution in [2.75, 3.05) is 13.2 Å². The molecular formula is C37H73NO4. The van der Waals surface area contributed by atoms with Gasteiger partial charge in [0.25, 0.3) is 0 Å². The van der Waals surface area contributed by atoms with Crippen LogP contribution in [-0.4, -0.2) is 36.2 Å². The summed E-state index contributed by atoms with van der Waals surface area (Å²) < 4.78 is 5.87. The first kappa shape index (κ1) is 40.9. The van der Waals surface area contributed by atoms with Crippen molar-refractivity contribution >= 4 is 11.9 Å². The van der Waals surface area contributed by atoms with Gasteiger partial charge in [-0.25, -0.2) is 0 Å². The van der Waals surface area contributed by atoms with Crippen LogP contribution < -0.4 is 5.32 Å². The van der Waals surface area contributed by atoms with Gasteiger partial charge < -0.3 is 15.2 Å². The van der Waals surface area contributed by atoms with Crippen molar-refractivity contribution in [3.8, 4) is 0 Å². The summed E-state index contributed by atoms with van der Waals surface area (Å²) in [6, 6.07) is -0.516. The van der Waals surface area contributed by atoms with Crippen molar-refractivity contribution in [2.45, 2.75) is 207 Å². The van der Waals surface area contributed by atoms with Gasteiger partial charge in [0, 0.05) is 6.42 Å². The summed E-state index contributed by atoms with van der Waals surface area (Å²) in [6.45, 7) is 8.00. The highest BCUT2D eigenvalue weighted by Crippen LogP contribution is 2.20. The van der Waals surface area contributed by atoms with Crippen LogP contribution in [0.15, 0.2) is 0 Å². The van der Waals surface area contributed by atoms with Crippen LogP contribution in [0.1, 0.15) is 201 Å². The zero-order valence-electron chi connectivity index (χ0n) is 28.5. The lowest BCUT2D eigenvalue weighted by Gasteiger charge is -2.21. The van der Waals surface area contributed by atoms with Crippen LogP contribution >= 0.6 is 0 Å². The number of carbonyl (C=O) groups is 2. The van der Waals surface area contributed by atoms with E-state index in [1.165, 1.54) is 141 Å². The van der Waals surface area contributed by atoms with E-state index in [4.69, 9.17) is 4.74 Å². The van der Waals surface area contributed by atoms with Crippen LogP contribution in [0.5, 0.6) is 0 Å². The molecule has 0 saturated carbocycles. The topological polar surface area (TPSA) is 75.6 Å². The molecule has 5 heteroatoms. The van der Waals surface area contributed by atoms with Gasteiger partial charge in [0.2, 0.25) is 0 Å². The number of ether oxygens (including phenoxy) is 1. The lowest BCUT2D eigenvalue weighted by Crippen LogP contribution is -2.39. The summed E-state index contributed by atoms with van der Waals surface area (Å²) in [5, 5.41) is 12.6. The molecule has 0 aliphatic carbocycles. The number of rotatable bonds is 34. The summed E-state index contributed by atoms with van der Waals surface area (Å²) >= 11 is 0. The molecule has 2 N–H and O–H groups in total. The van der Waals surface area contributed by atoms with Gasteiger partial charge in [0.15, 0.2) is 0 Å². The third-order valence-electron chi connectivity index (χ3n) is 8.75. The maximum absolute atomic E-state index is 13.0. The van der Waals surface area contributed by atoms with E-state index in [1.807, 2.05) is 0 Å². The lowest BCUT2D eigenvalue weighted by atomic mass is 9.94. The molecule has 0 heterocycles. The molecule has 0 rings (SSSR count). The molecule has 250 valence electrons. The minimum absolute atomic E-state index is 0.00968. The molecule has 0 saturated heterocycles. The van der Waals surface area contributed by atoms with Gasteiger partial charge in [-0.05, 0) is 38.1 Å². The fourth-order valence-electron chi connectivity index (χ4n) is 5.85. The zero-order chi connectivity index (χ0) is 30.9. The van der Waals surface area contributed by atoms with Gasteiger partial charge in [-0.2, -0.15) is 0 Å². The van der Waals surface area contributed by atoms with E-state index in [0.29, 0.717) is 18.9 Å². The highest BCUT2D eigenvalue weighted by Gasteiger charge is 2.22. The number of nitrogens with one attached hydrogen (secondary N) is 1. The predicted molar refractivity (Wildman–Crippen MR) is 180 cm³/mol. The van der Waals surface area contributed by atoms with E-state index < -0.39 is 12.0 Å². The Balaban J connectivity index is 4.50. The first-order valence-corrected chi connectivity index (χ1v) is 18.7. The summed E-state index contributed by atoms with van der Waals surface area (Å²) in [6.07, 6.45) is 33.5. The molecule has 0 aromatic heterocycles. The second kappa shape index (κ2) is 32.8. The number of carboxylic acid groups (broad SMARTS) is 1. The second-order valence-corrected chi connectivity index (χ2v) is 12.9. The third kappa shape index (κ3) is 29.0. The van der Waals surface area contributed by atoms with Gasteiger partial charge >= 0.3 is 11.9 Å². The van der Waals surface area contributed by atoms with Crippen LogP contribution in [-0.2, 0) is 14.3 Å². The molecular weight excluding hydrogens is 522 g/mol. The molecule has 0 bridgehead atoms. The normalized spacial score (nSPS) is 12.8. The molecule has 2 atom stereocenters. The molecule has 0 aromatic carbocycles. The minimum atomic E-state index is -0.857. The molecule has 0 aliphatic heterocycles. The Kier molecular flexibility index (Phi) is 31.9. The largest absolute Gasteiger partial charge is 0.481 e. The van der Waals surface area contributed by atoms with Crippen molar-refractivity contribution < 1.29 is 19.4 Å². The first-order valence-electron chi connectivity index (χ1n) is 18.7. The van der Waals surface area contributed by atoms with Crippen LogP contribution in [0.2, 0.25) is 0 Å². The maximum atomic E-state index is 13.0. The Bertz CT molecular complexity index is 582. The highest BCUT2D eigenvalue weighted by molar-refractivity contribution is 5.77. The molecule has 0 radical (unpaired) electrons. The van der Waals surface area contributed by atoms with E-state index in [9.17, 15) is 14.7 Å². The lowest BCUT2D eigenvalue weighted by molar-refractivity contribution is -0.148. The zero-order valence-corrected chi connectivity index (χ0v) is 28.5. The minimum Gasteiger partial charge on any atom is -0.481 e. The molecule has 0 amide bonds. The van der Waals surface area contributed by atoms with E-state index in [0.717, 1.165) is 32.2 Å². The van der Waals surface area contributed by atoms with Crippen molar-refractivity contribution in [2.24, 2.45) is 5.92 Å². The summed E-state index contributed by atoms with van der Waals surface area (Å²) in [4.78, 5) is 24.3. The van der Waals surface area contributed by atoms with Gasteiger partial charge in [-0.15, -0.1) is 0 Å². The fraction of sp³-hybridized carbons (Fsp3) is 0.946. The van der Waals surface area contributed by atoms with Crippen molar-refractivity contribution in [3.63, 3.8) is 0 Å². The van der Waals surface area contributed by atoms with E-state index in [2.05, 4.69) is 26.1 Å². The van der Waals surface area contributed by atoms with Gasteiger partial charge in [-0.3, -0.25) is 9.59 Å². The summed E-state index contributed by atoms with van der Waals surface area (Å²) in [5.74, 6) is -0.696. The number of carbonyl (C=O) groups excluding carboxylic acids is 1. The van der Waals surface area contributed by atoms with E-state index >= 15 is 0 Å². The van der Waals surface area contributed by atoms with Crippen LogP contribution in [0.25, 0.3) is 0 Å². The van der Waals surface area contributed by atoms with Crippen LogP contribution in [0.3, 0.4) is 0 Å². The molecule has 0 aromatic rings. The van der Waals surface area contributed by atoms with Crippen molar-refractivity contribution in [1.82, 2.24) is 5.32 Å². The first-order chi connectivity index (χ1) is 20.5. The summed E-state index contributed by atoms with van der Waals surface area (Å²) in [5.41, 5.74) is 0. The third-order valence-corrected chi connectivity index (χ3v) is 8.75. The molecule has 0 aliphatic rings. The number of carboxylic acids is 1. The number of esters is 1. The van der Waals surface area contributed by atoms with Crippen molar-refractivity contribution in [3.05, 3.63) is 0 Å². The number of hydrogen-bond donors (Lipinski definition) is 2. The molecule has 2 unspecified atom stereocenters. The number of hydrogen-bond acceptors (Lipinski definition) is 4. The Hall–Kier alpha value is -1.10. The molecule has 5 nitrogen and oxygen atoms in total. The highest BCUT2D eigenvalue weighted by atomic mass is 16.5. The Labute approximate surface area is 262 Å². The number of unbranched alkanes of at least 4 members (excludes halogenated alkanes) is 21.